The molecule has 96 valence electrons. The molecule has 2 atom stereocenters. The van der Waals surface area contributed by atoms with Gasteiger partial charge in [0.05, 0.1) is 6.04 Å². The maximum absolute atomic E-state index is 8.73. The van der Waals surface area contributed by atoms with Crippen LogP contribution in [0.1, 0.15) is 27.2 Å². The third-order valence-corrected chi connectivity index (χ3v) is 2.92. The normalized spacial score (nSPS) is 14.4. The first-order chi connectivity index (χ1) is 8.67. The number of aliphatic imine (C=N–C) groups is 1. The van der Waals surface area contributed by atoms with E-state index in [1.165, 1.54) is 0 Å². The molecule has 0 unspecified atom stereocenters. The van der Waals surface area contributed by atoms with E-state index in [2.05, 4.69) is 34.5 Å². The van der Waals surface area contributed by atoms with Gasteiger partial charge in [0.1, 0.15) is 0 Å². The molecule has 18 heavy (non-hydrogen) atoms. The number of nitriles is 1. The third kappa shape index (κ3) is 4.42. The van der Waals surface area contributed by atoms with E-state index in [-0.39, 0.29) is 6.04 Å². The first kappa shape index (κ1) is 14.0. The number of hydrogen-bond acceptors (Lipinski definition) is 3. The first-order valence-electron chi connectivity index (χ1n) is 6.07. The van der Waals surface area contributed by atoms with E-state index in [9.17, 15) is 0 Å². The van der Waals surface area contributed by atoms with Crippen molar-refractivity contribution in [1.29, 1.82) is 5.26 Å². The fraction of sp³-hybridized carbons (Fsp3) is 0.462. The van der Waals surface area contributed by atoms with Gasteiger partial charge < -0.3 is 5.32 Å². The summed E-state index contributed by atoms with van der Waals surface area (Å²) in [5, 5.41) is 14.4. The molecule has 0 spiro atoms. The molecule has 0 saturated heterocycles. The highest BCUT2D eigenvalue weighted by Crippen LogP contribution is 2.11. The van der Waals surface area contributed by atoms with E-state index in [0.29, 0.717) is 11.9 Å². The molecule has 0 saturated carbocycles. The lowest BCUT2D eigenvalue weighted by Crippen LogP contribution is -2.29. The number of guanidine groups is 1. The smallest absolute Gasteiger partial charge is 0.209 e. The van der Waals surface area contributed by atoms with Crippen LogP contribution in [0, 0.1) is 17.4 Å². The van der Waals surface area contributed by atoms with Crippen molar-refractivity contribution in [2.24, 2.45) is 10.9 Å². The summed E-state index contributed by atoms with van der Waals surface area (Å²) in [4.78, 5) is 8.42. The maximum Gasteiger partial charge on any atom is 0.209 e. The van der Waals surface area contributed by atoms with Crippen molar-refractivity contribution < 1.29 is 0 Å². The van der Waals surface area contributed by atoms with Crippen LogP contribution >= 0.6 is 0 Å². The van der Waals surface area contributed by atoms with Gasteiger partial charge in [-0.15, -0.1) is 0 Å². The second-order valence-corrected chi connectivity index (χ2v) is 4.20. The summed E-state index contributed by atoms with van der Waals surface area (Å²) in [5.74, 6) is 0.941. The molecule has 0 radical (unpaired) electrons. The Bertz CT molecular complexity index is 421. The topological polar surface area (TPSA) is 73.1 Å². The molecule has 5 heteroatoms. The number of pyridine rings is 1. The Morgan fingerprint density at radius 2 is 2.11 bits per heavy atom. The Morgan fingerprint density at radius 3 is 2.67 bits per heavy atom. The fourth-order valence-corrected chi connectivity index (χ4v) is 1.39. The number of anilines is 1. The van der Waals surface area contributed by atoms with Crippen molar-refractivity contribution in [2.75, 3.05) is 5.32 Å². The lowest BCUT2D eigenvalue weighted by Gasteiger charge is -2.16. The summed E-state index contributed by atoms with van der Waals surface area (Å²) in [5.41, 5.74) is 0.850. The lowest BCUT2D eigenvalue weighted by molar-refractivity contribution is 0.471. The van der Waals surface area contributed by atoms with Crippen molar-refractivity contribution in [2.45, 2.75) is 33.2 Å². The van der Waals surface area contributed by atoms with E-state index in [1.807, 2.05) is 25.2 Å². The van der Waals surface area contributed by atoms with Crippen LogP contribution in [0.3, 0.4) is 0 Å². The van der Waals surface area contributed by atoms with Gasteiger partial charge in [0, 0.05) is 18.1 Å². The van der Waals surface area contributed by atoms with Gasteiger partial charge in [0.25, 0.3) is 0 Å². The van der Waals surface area contributed by atoms with E-state index < -0.39 is 0 Å². The molecule has 1 aromatic rings. The van der Waals surface area contributed by atoms with Crippen molar-refractivity contribution >= 4 is 11.6 Å². The van der Waals surface area contributed by atoms with Gasteiger partial charge in [-0.25, -0.2) is 4.99 Å². The van der Waals surface area contributed by atoms with Crippen molar-refractivity contribution in [1.82, 2.24) is 10.3 Å². The van der Waals surface area contributed by atoms with Gasteiger partial charge in [-0.1, -0.05) is 20.3 Å². The monoisotopic (exact) mass is 245 g/mol. The van der Waals surface area contributed by atoms with Crippen LogP contribution in [0.5, 0.6) is 0 Å². The van der Waals surface area contributed by atoms with Crippen LogP contribution in [0.15, 0.2) is 29.5 Å². The Balaban J connectivity index is 2.77. The minimum atomic E-state index is 0.153. The first-order valence-corrected chi connectivity index (χ1v) is 6.07. The SMILES string of the molecule is CC[C@H](C)[C@H](C)N=C(NC#N)Nc1ccncc1. The van der Waals surface area contributed by atoms with Crippen molar-refractivity contribution in [3.63, 3.8) is 0 Å². The number of nitrogens with zero attached hydrogens (tertiary/aromatic N) is 3. The van der Waals surface area contributed by atoms with E-state index >= 15 is 0 Å². The highest BCUT2D eigenvalue weighted by Gasteiger charge is 2.10. The number of hydrogen-bond donors (Lipinski definition) is 2. The zero-order chi connectivity index (χ0) is 13.4. The second-order valence-electron chi connectivity index (χ2n) is 4.20. The quantitative estimate of drug-likeness (QED) is 0.369. The molecule has 1 heterocycles. The zero-order valence-corrected chi connectivity index (χ0v) is 11.0. The summed E-state index contributed by atoms with van der Waals surface area (Å²) < 4.78 is 0. The van der Waals surface area contributed by atoms with Crippen LogP contribution in [0.2, 0.25) is 0 Å². The van der Waals surface area contributed by atoms with Gasteiger partial charge >= 0.3 is 0 Å². The zero-order valence-electron chi connectivity index (χ0n) is 11.0. The molecular weight excluding hydrogens is 226 g/mol. The number of nitrogens with one attached hydrogen (secondary N) is 2. The third-order valence-electron chi connectivity index (χ3n) is 2.92. The van der Waals surface area contributed by atoms with Gasteiger partial charge in [-0.05, 0) is 25.0 Å². The molecule has 1 rings (SSSR count). The van der Waals surface area contributed by atoms with Gasteiger partial charge in [-0.2, -0.15) is 5.26 Å². The predicted octanol–water partition coefficient (Wildman–Crippen LogP) is 2.35. The molecular formula is C13H19N5. The van der Waals surface area contributed by atoms with E-state index in [0.717, 1.165) is 12.1 Å². The van der Waals surface area contributed by atoms with Crippen LogP contribution in [0.25, 0.3) is 0 Å². The summed E-state index contributed by atoms with van der Waals surface area (Å²) in [7, 11) is 0. The molecule has 0 amide bonds. The second kappa shape index (κ2) is 7.28. The highest BCUT2D eigenvalue weighted by atomic mass is 15.2. The molecule has 0 aliphatic rings. The highest BCUT2D eigenvalue weighted by molar-refractivity contribution is 5.94. The summed E-state index contributed by atoms with van der Waals surface area (Å²) in [6.45, 7) is 6.32. The Labute approximate surface area is 108 Å². The molecule has 0 aromatic carbocycles. The average molecular weight is 245 g/mol. The Kier molecular flexibility index (Phi) is 5.65. The van der Waals surface area contributed by atoms with Gasteiger partial charge in [0.15, 0.2) is 6.19 Å². The van der Waals surface area contributed by atoms with Crippen LogP contribution in [0.4, 0.5) is 5.69 Å². The summed E-state index contributed by atoms with van der Waals surface area (Å²) >= 11 is 0. The molecule has 0 aliphatic heterocycles. The Hall–Kier alpha value is -2.09. The molecule has 0 aliphatic carbocycles. The summed E-state index contributed by atoms with van der Waals surface area (Å²) in [6.07, 6.45) is 6.32. The number of rotatable bonds is 4. The van der Waals surface area contributed by atoms with Gasteiger partial charge in [-0.3, -0.25) is 10.3 Å². The van der Waals surface area contributed by atoms with Crippen molar-refractivity contribution in [3.05, 3.63) is 24.5 Å². The average Bonchev–Trinajstić information content (AvgIpc) is 2.39. The minimum absolute atomic E-state index is 0.153. The summed E-state index contributed by atoms with van der Waals surface area (Å²) in [6, 6.07) is 3.80. The van der Waals surface area contributed by atoms with E-state index in [4.69, 9.17) is 5.26 Å². The lowest BCUT2D eigenvalue weighted by atomic mass is 10.0. The maximum atomic E-state index is 8.73. The molecule has 0 bridgehead atoms. The minimum Gasteiger partial charge on any atom is -0.325 e. The molecule has 1 aromatic heterocycles. The van der Waals surface area contributed by atoms with Crippen LogP contribution < -0.4 is 10.6 Å². The van der Waals surface area contributed by atoms with Gasteiger partial charge in [0.2, 0.25) is 5.96 Å². The molecule has 2 N–H and O–H groups in total. The van der Waals surface area contributed by atoms with Crippen LogP contribution in [-0.4, -0.2) is 17.0 Å². The largest absolute Gasteiger partial charge is 0.325 e. The predicted molar refractivity (Wildman–Crippen MR) is 73.0 cm³/mol. The molecule has 5 nitrogen and oxygen atoms in total. The molecule has 0 fully saturated rings. The van der Waals surface area contributed by atoms with Crippen molar-refractivity contribution in [3.8, 4) is 6.19 Å². The number of aromatic nitrogens is 1. The fourth-order valence-electron chi connectivity index (χ4n) is 1.39. The Morgan fingerprint density at radius 1 is 1.44 bits per heavy atom. The van der Waals surface area contributed by atoms with Crippen LogP contribution in [-0.2, 0) is 0 Å². The van der Waals surface area contributed by atoms with E-state index in [1.54, 1.807) is 12.4 Å². The standard InChI is InChI=1S/C13H19N5/c1-4-10(2)11(3)17-13(16-9-14)18-12-5-7-15-8-6-12/h5-8,10-11H,4H2,1-3H3,(H2,15,16,17,18)/t10-,11-/m0/s1.